The second-order valence-electron chi connectivity index (χ2n) is 5.21. The van der Waals surface area contributed by atoms with Crippen molar-refractivity contribution >= 4 is 11.9 Å². The van der Waals surface area contributed by atoms with Crippen molar-refractivity contribution < 1.29 is 19.1 Å². The molecule has 1 rings (SSSR count). The van der Waals surface area contributed by atoms with Crippen LogP contribution in [0.15, 0.2) is 0 Å². The zero-order chi connectivity index (χ0) is 14.1. The maximum Gasteiger partial charge on any atom is 0.306 e. The first-order chi connectivity index (χ1) is 9.12. The molecule has 1 aliphatic rings. The summed E-state index contributed by atoms with van der Waals surface area (Å²) in [7, 11) is 0. The Morgan fingerprint density at radius 3 is 2.53 bits per heavy atom. The fraction of sp³-hybridized carbons (Fsp3) is 0.857. The van der Waals surface area contributed by atoms with Crippen molar-refractivity contribution in [3.05, 3.63) is 0 Å². The molecule has 0 saturated carbocycles. The predicted octanol–water partition coefficient (Wildman–Crippen LogP) is 1.65. The zero-order valence-electron chi connectivity index (χ0n) is 12.0. The molecule has 0 aliphatic carbocycles. The topological polar surface area (TPSA) is 64.6 Å². The largest absolute Gasteiger partial charge is 0.465 e. The van der Waals surface area contributed by atoms with Crippen molar-refractivity contribution in [2.75, 3.05) is 26.4 Å². The van der Waals surface area contributed by atoms with Gasteiger partial charge in [-0.1, -0.05) is 20.3 Å². The highest BCUT2D eigenvalue weighted by Gasteiger charge is 2.38. The first kappa shape index (κ1) is 16.0. The molecule has 0 bridgehead atoms. The summed E-state index contributed by atoms with van der Waals surface area (Å²) in [6.45, 7) is 6.54. The summed E-state index contributed by atoms with van der Waals surface area (Å²) < 4.78 is 10.4. The number of ether oxygens (including phenoxy) is 2. The first-order valence-corrected chi connectivity index (χ1v) is 7.12. The molecule has 19 heavy (non-hydrogen) atoms. The Morgan fingerprint density at radius 1 is 1.26 bits per heavy atom. The number of amides is 1. The number of rotatable bonds is 9. The highest BCUT2D eigenvalue weighted by Crippen LogP contribution is 2.31. The second kappa shape index (κ2) is 8.15. The number of unbranched alkanes of at least 4 members (excludes halogenated alkanes) is 1. The van der Waals surface area contributed by atoms with Crippen LogP contribution in [0.25, 0.3) is 0 Å². The van der Waals surface area contributed by atoms with Crippen LogP contribution in [0, 0.1) is 5.41 Å². The van der Waals surface area contributed by atoms with Crippen molar-refractivity contribution in [3.63, 3.8) is 0 Å². The smallest absolute Gasteiger partial charge is 0.306 e. The summed E-state index contributed by atoms with van der Waals surface area (Å²) in [6, 6.07) is 0. The van der Waals surface area contributed by atoms with E-state index in [0.29, 0.717) is 26.4 Å². The van der Waals surface area contributed by atoms with Crippen molar-refractivity contribution in [3.8, 4) is 0 Å². The first-order valence-electron chi connectivity index (χ1n) is 7.12. The molecule has 5 nitrogen and oxygen atoms in total. The van der Waals surface area contributed by atoms with Crippen molar-refractivity contribution in [2.45, 2.75) is 46.0 Å². The van der Waals surface area contributed by atoms with E-state index < -0.39 is 0 Å². The van der Waals surface area contributed by atoms with Crippen LogP contribution in [0.4, 0.5) is 0 Å². The molecule has 1 fully saturated rings. The second-order valence-corrected chi connectivity index (χ2v) is 5.21. The van der Waals surface area contributed by atoms with Crippen LogP contribution in [0.2, 0.25) is 0 Å². The molecule has 1 heterocycles. The average Bonchev–Trinajstić information content (AvgIpc) is 2.36. The molecule has 0 aromatic rings. The number of esters is 1. The van der Waals surface area contributed by atoms with Gasteiger partial charge in [0.05, 0.1) is 25.0 Å². The molecule has 1 N–H and O–H groups in total. The molecule has 1 saturated heterocycles. The number of hydrogen-bond acceptors (Lipinski definition) is 4. The van der Waals surface area contributed by atoms with Crippen molar-refractivity contribution in [1.82, 2.24) is 5.32 Å². The molecule has 0 aromatic heterocycles. The van der Waals surface area contributed by atoms with E-state index in [4.69, 9.17) is 9.47 Å². The van der Waals surface area contributed by atoms with E-state index in [1.165, 1.54) is 0 Å². The van der Waals surface area contributed by atoms with E-state index >= 15 is 0 Å². The van der Waals surface area contributed by atoms with E-state index in [-0.39, 0.29) is 30.1 Å². The van der Waals surface area contributed by atoms with Gasteiger partial charge >= 0.3 is 5.97 Å². The Hall–Kier alpha value is -1.10. The maximum absolute atomic E-state index is 11.5. The monoisotopic (exact) mass is 271 g/mol. The number of hydrogen-bond donors (Lipinski definition) is 1. The van der Waals surface area contributed by atoms with Gasteiger partial charge < -0.3 is 14.8 Å². The minimum Gasteiger partial charge on any atom is -0.465 e. The average molecular weight is 271 g/mol. The van der Waals surface area contributed by atoms with E-state index in [1.54, 1.807) is 0 Å². The normalized spacial score (nSPS) is 16.5. The third-order valence-electron chi connectivity index (χ3n) is 3.51. The molecule has 5 heteroatoms. The molecule has 0 unspecified atom stereocenters. The molecule has 0 spiro atoms. The number of carbonyl (C=O) groups excluding carboxylic acids is 2. The van der Waals surface area contributed by atoms with Crippen LogP contribution in [0.3, 0.4) is 0 Å². The molecular weight excluding hydrogens is 246 g/mol. The lowest BCUT2D eigenvalue weighted by Crippen LogP contribution is -2.46. The molecule has 0 radical (unpaired) electrons. The van der Waals surface area contributed by atoms with Gasteiger partial charge in [0.1, 0.15) is 6.61 Å². The summed E-state index contributed by atoms with van der Waals surface area (Å²) in [6.07, 6.45) is 3.31. The Labute approximate surface area is 115 Å². The molecule has 110 valence electrons. The third-order valence-corrected chi connectivity index (χ3v) is 3.51. The van der Waals surface area contributed by atoms with Crippen LogP contribution < -0.4 is 5.32 Å². The van der Waals surface area contributed by atoms with Gasteiger partial charge in [-0.2, -0.15) is 0 Å². The van der Waals surface area contributed by atoms with Crippen LogP contribution >= 0.6 is 0 Å². The fourth-order valence-electron chi connectivity index (χ4n) is 1.79. The summed E-state index contributed by atoms with van der Waals surface area (Å²) in [5.74, 6) is -0.382. The Balaban J connectivity index is 2.09. The Kier molecular flexibility index (Phi) is 6.84. The summed E-state index contributed by atoms with van der Waals surface area (Å²) in [4.78, 5) is 22.9. The number of carbonyl (C=O) groups is 2. The SMILES string of the molecule is CCCCNC(=O)CCC(=O)OCC1(CC)COC1. The molecule has 1 aliphatic heterocycles. The van der Waals surface area contributed by atoms with Gasteiger partial charge in [0, 0.05) is 13.0 Å². The van der Waals surface area contributed by atoms with Gasteiger partial charge in [-0.05, 0) is 12.8 Å². The predicted molar refractivity (Wildman–Crippen MR) is 71.7 cm³/mol. The lowest BCUT2D eigenvalue weighted by atomic mass is 9.84. The van der Waals surface area contributed by atoms with Crippen LogP contribution in [0.1, 0.15) is 46.0 Å². The van der Waals surface area contributed by atoms with Crippen molar-refractivity contribution in [1.29, 1.82) is 0 Å². The highest BCUT2D eigenvalue weighted by molar-refractivity contribution is 5.81. The van der Waals surface area contributed by atoms with E-state index in [2.05, 4.69) is 19.2 Å². The quantitative estimate of drug-likeness (QED) is 0.511. The van der Waals surface area contributed by atoms with Gasteiger partial charge in [0.15, 0.2) is 0 Å². The number of nitrogens with one attached hydrogen (secondary N) is 1. The highest BCUT2D eigenvalue weighted by atomic mass is 16.5. The molecule has 0 aromatic carbocycles. The minimum absolute atomic E-state index is 0.0129. The van der Waals surface area contributed by atoms with Crippen LogP contribution in [-0.4, -0.2) is 38.2 Å². The van der Waals surface area contributed by atoms with Gasteiger partial charge in [-0.15, -0.1) is 0 Å². The molecule has 1 amide bonds. The van der Waals surface area contributed by atoms with Gasteiger partial charge in [-0.25, -0.2) is 0 Å². The van der Waals surface area contributed by atoms with Gasteiger partial charge in [0.25, 0.3) is 0 Å². The van der Waals surface area contributed by atoms with Crippen LogP contribution in [-0.2, 0) is 19.1 Å². The van der Waals surface area contributed by atoms with Gasteiger partial charge in [0.2, 0.25) is 5.91 Å². The Morgan fingerprint density at radius 2 is 2.00 bits per heavy atom. The lowest BCUT2D eigenvalue weighted by Gasteiger charge is -2.39. The van der Waals surface area contributed by atoms with Crippen molar-refractivity contribution in [2.24, 2.45) is 5.41 Å². The zero-order valence-corrected chi connectivity index (χ0v) is 12.0. The molecular formula is C14H25NO4. The standard InChI is InChI=1S/C14H25NO4/c1-3-5-8-15-12(16)6-7-13(17)19-11-14(4-2)9-18-10-14/h3-11H2,1-2H3,(H,15,16). The van der Waals surface area contributed by atoms with E-state index in [9.17, 15) is 9.59 Å². The fourth-order valence-corrected chi connectivity index (χ4v) is 1.79. The summed E-state index contributed by atoms with van der Waals surface area (Å²) >= 11 is 0. The van der Waals surface area contributed by atoms with E-state index in [0.717, 1.165) is 19.3 Å². The van der Waals surface area contributed by atoms with E-state index in [1.807, 2.05) is 0 Å². The summed E-state index contributed by atoms with van der Waals surface area (Å²) in [5, 5.41) is 2.78. The third kappa shape index (κ3) is 5.59. The lowest BCUT2D eigenvalue weighted by molar-refractivity contribution is -0.170. The van der Waals surface area contributed by atoms with Gasteiger partial charge in [-0.3, -0.25) is 9.59 Å². The maximum atomic E-state index is 11.5. The molecule has 0 atom stereocenters. The minimum atomic E-state index is -0.301. The summed E-state index contributed by atoms with van der Waals surface area (Å²) in [5.41, 5.74) is 0.0129. The Bertz CT molecular complexity index is 294. The van der Waals surface area contributed by atoms with Crippen LogP contribution in [0.5, 0.6) is 0 Å².